The third-order valence-electron chi connectivity index (χ3n) is 3.17. The minimum atomic E-state index is -3.62. The molecule has 98 valence electrons. The first-order chi connectivity index (χ1) is 8.49. The van der Waals surface area contributed by atoms with Crippen LogP contribution in [-0.2, 0) is 10.0 Å². The maximum absolute atomic E-state index is 12.3. The van der Waals surface area contributed by atoms with Gasteiger partial charge in [-0.1, -0.05) is 0 Å². The fraction of sp³-hybridized carbons (Fsp3) is 0.500. The molecule has 1 unspecified atom stereocenters. The molecule has 2 aromatic heterocycles. The van der Waals surface area contributed by atoms with Crippen molar-refractivity contribution in [2.24, 2.45) is 5.92 Å². The average molecular weight is 286 g/mol. The molecule has 0 spiro atoms. The number of nitrogens with zero attached hydrogens (tertiary/aromatic N) is 2. The fourth-order valence-corrected chi connectivity index (χ4v) is 4.34. The average Bonchev–Trinajstić information content (AvgIpc) is 2.94. The number of fused-ring (bicyclic) bond motifs is 1. The number of hydrogen-bond donors (Lipinski definition) is 2. The number of rotatable bonds is 4. The van der Waals surface area contributed by atoms with Crippen LogP contribution in [0.4, 0.5) is 5.82 Å². The molecule has 1 atom stereocenters. The Morgan fingerprint density at radius 1 is 1.61 bits per heavy atom. The molecule has 18 heavy (non-hydrogen) atoms. The van der Waals surface area contributed by atoms with Crippen LogP contribution < -0.4 is 10.5 Å². The summed E-state index contributed by atoms with van der Waals surface area (Å²) in [4.78, 5) is 4.64. The lowest BCUT2D eigenvalue weighted by atomic mass is 10.2. The molecule has 8 heteroatoms. The molecular weight excluding hydrogens is 272 g/mol. The first-order valence-electron chi connectivity index (χ1n) is 5.72. The number of hydrogen-bond acceptors (Lipinski definition) is 5. The number of sulfonamides is 1. The van der Waals surface area contributed by atoms with Crippen LogP contribution in [0.2, 0.25) is 0 Å². The van der Waals surface area contributed by atoms with Gasteiger partial charge in [0.05, 0.1) is 0 Å². The Morgan fingerprint density at radius 3 is 3.00 bits per heavy atom. The number of thiazole rings is 1. The van der Waals surface area contributed by atoms with Crippen molar-refractivity contribution >= 4 is 32.1 Å². The van der Waals surface area contributed by atoms with Gasteiger partial charge in [0.1, 0.15) is 0 Å². The molecule has 3 N–H and O–H groups in total. The Bertz CT molecular complexity index is 684. The Labute approximate surface area is 109 Å². The minimum absolute atomic E-state index is 0.0475. The number of imidazole rings is 1. The summed E-state index contributed by atoms with van der Waals surface area (Å²) < 4.78 is 28.8. The summed E-state index contributed by atoms with van der Waals surface area (Å²) in [5, 5.41) is 1.83. The monoisotopic (exact) mass is 286 g/mol. The number of nitrogens with two attached hydrogens (primary N) is 1. The quantitative estimate of drug-likeness (QED) is 0.879. The molecule has 0 amide bonds. The molecule has 0 radical (unpaired) electrons. The first-order valence-corrected chi connectivity index (χ1v) is 8.08. The van der Waals surface area contributed by atoms with Crippen molar-refractivity contribution < 1.29 is 8.42 Å². The SMILES string of the molecule is CC(NS(=O)(=O)c1c(N)nc2sccn12)C1CC1. The van der Waals surface area contributed by atoms with Crippen LogP contribution in [0.25, 0.3) is 4.96 Å². The smallest absolute Gasteiger partial charge is 0.260 e. The highest BCUT2D eigenvalue weighted by atomic mass is 32.2. The normalized spacial score (nSPS) is 18.3. The molecule has 2 heterocycles. The highest BCUT2D eigenvalue weighted by Crippen LogP contribution is 2.33. The van der Waals surface area contributed by atoms with Crippen LogP contribution in [0.5, 0.6) is 0 Å². The summed E-state index contributed by atoms with van der Waals surface area (Å²) >= 11 is 1.36. The first kappa shape index (κ1) is 11.9. The maximum Gasteiger partial charge on any atom is 0.260 e. The summed E-state index contributed by atoms with van der Waals surface area (Å²) in [6.45, 7) is 1.89. The third-order valence-corrected chi connectivity index (χ3v) is 5.52. The summed E-state index contributed by atoms with van der Waals surface area (Å²) in [6, 6.07) is -0.0569. The number of aromatic nitrogens is 2. The lowest BCUT2D eigenvalue weighted by Crippen LogP contribution is -2.35. The number of anilines is 1. The molecule has 1 fully saturated rings. The second-order valence-electron chi connectivity index (χ2n) is 4.61. The van der Waals surface area contributed by atoms with Gasteiger partial charge in [0.15, 0.2) is 15.8 Å². The zero-order valence-electron chi connectivity index (χ0n) is 9.83. The van der Waals surface area contributed by atoms with E-state index >= 15 is 0 Å². The Balaban J connectivity index is 2.01. The molecule has 0 bridgehead atoms. The Hall–Kier alpha value is -1.12. The van der Waals surface area contributed by atoms with Gasteiger partial charge in [-0.25, -0.2) is 18.1 Å². The van der Waals surface area contributed by atoms with E-state index in [9.17, 15) is 8.42 Å². The molecule has 2 aromatic rings. The molecule has 0 aromatic carbocycles. The van der Waals surface area contributed by atoms with Gasteiger partial charge in [-0.05, 0) is 25.7 Å². The predicted octanol–water partition coefficient (Wildman–Crippen LogP) is 1.05. The second kappa shape index (κ2) is 3.94. The minimum Gasteiger partial charge on any atom is -0.381 e. The van der Waals surface area contributed by atoms with Gasteiger partial charge in [0, 0.05) is 17.6 Å². The summed E-state index contributed by atoms with van der Waals surface area (Å²) in [6.07, 6.45) is 3.83. The van der Waals surface area contributed by atoms with Crippen molar-refractivity contribution in [3.63, 3.8) is 0 Å². The number of nitrogen functional groups attached to an aromatic ring is 1. The molecule has 0 aliphatic heterocycles. The predicted molar refractivity (Wildman–Crippen MR) is 70.0 cm³/mol. The zero-order chi connectivity index (χ0) is 12.9. The van der Waals surface area contributed by atoms with Gasteiger partial charge >= 0.3 is 0 Å². The van der Waals surface area contributed by atoms with Crippen molar-refractivity contribution in [1.82, 2.24) is 14.1 Å². The van der Waals surface area contributed by atoms with Crippen LogP contribution in [0, 0.1) is 5.92 Å². The molecule has 1 aliphatic carbocycles. The largest absolute Gasteiger partial charge is 0.381 e. The van der Waals surface area contributed by atoms with E-state index in [1.807, 2.05) is 6.92 Å². The molecular formula is C10H14N4O2S2. The van der Waals surface area contributed by atoms with Crippen LogP contribution >= 0.6 is 11.3 Å². The standard InChI is InChI=1S/C10H14N4O2S2/c1-6(7-2-3-7)13-18(15,16)9-8(11)12-10-14(9)4-5-17-10/h4-7,13H,2-3,11H2,1H3. The van der Waals surface area contributed by atoms with Crippen molar-refractivity contribution in [3.8, 4) is 0 Å². The molecule has 0 saturated heterocycles. The van der Waals surface area contributed by atoms with Gasteiger partial charge < -0.3 is 5.73 Å². The molecule has 3 rings (SSSR count). The Morgan fingerprint density at radius 2 is 2.33 bits per heavy atom. The molecule has 1 aliphatic rings. The van der Waals surface area contributed by atoms with Gasteiger partial charge in [-0.2, -0.15) is 0 Å². The second-order valence-corrected chi connectivity index (χ2v) is 7.11. The fourth-order valence-electron chi connectivity index (χ4n) is 2.04. The third kappa shape index (κ3) is 1.90. The van der Waals surface area contributed by atoms with E-state index in [0.717, 1.165) is 12.8 Å². The zero-order valence-corrected chi connectivity index (χ0v) is 11.5. The summed E-state index contributed by atoms with van der Waals surface area (Å²) in [5.41, 5.74) is 5.71. The Kier molecular flexibility index (Phi) is 2.61. The topological polar surface area (TPSA) is 89.5 Å². The van der Waals surface area contributed by atoms with Crippen molar-refractivity contribution in [2.75, 3.05) is 5.73 Å². The highest BCUT2D eigenvalue weighted by molar-refractivity contribution is 7.89. The van der Waals surface area contributed by atoms with Crippen LogP contribution in [0.1, 0.15) is 19.8 Å². The summed E-state index contributed by atoms with van der Waals surface area (Å²) in [5.74, 6) is 0.504. The van der Waals surface area contributed by atoms with E-state index in [2.05, 4.69) is 9.71 Å². The highest BCUT2D eigenvalue weighted by Gasteiger charge is 2.33. The van der Waals surface area contributed by atoms with E-state index < -0.39 is 10.0 Å². The lowest BCUT2D eigenvalue weighted by molar-refractivity contribution is 0.535. The van der Waals surface area contributed by atoms with E-state index in [1.54, 1.807) is 11.6 Å². The molecule has 6 nitrogen and oxygen atoms in total. The maximum atomic E-state index is 12.3. The van der Waals surface area contributed by atoms with Crippen LogP contribution in [0.15, 0.2) is 16.6 Å². The van der Waals surface area contributed by atoms with E-state index in [-0.39, 0.29) is 16.9 Å². The summed E-state index contributed by atoms with van der Waals surface area (Å²) in [7, 11) is -3.62. The van der Waals surface area contributed by atoms with Crippen LogP contribution in [0.3, 0.4) is 0 Å². The van der Waals surface area contributed by atoms with Crippen LogP contribution in [-0.4, -0.2) is 23.8 Å². The number of nitrogens with one attached hydrogen (secondary N) is 1. The van der Waals surface area contributed by atoms with Crippen molar-refractivity contribution in [3.05, 3.63) is 11.6 Å². The van der Waals surface area contributed by atoms with Gasteiger partial charge in [0.2, 0.25) is 0 Å². The van der Waals surface area contributed by atoms with E-state index in [4.69, 9.17) is 5.73 Å². The molecule has 1 saturated carbocycles. The van der Waals surface area contributed by atoms with Gasteiger partial charge in [-0.3, -0.25) is 4.40 Å². The van der Waals surface area contributed by atoms with Crippen molar-refractivity contribution in [1.29, 1.82) is 0 Å². The lowest BCUT2D eigenvalue weighted by Gasteiger charge is -2.12. The van der Waals surface area contributed by atoms with E-state index in [0.29, 0.717) is 10.9 Å². The van der Waals surface area contributed by atoms with Gasteiger partial charge in [-0.15, -0.1) is 11.3 Å². The van der Waals surface area contributed by atoms with E-state index in [1.165, 1.54) is 15.7 Å². The van der Waals surface area contributed by atoms with Gasteiger partial charge in [0.25, 0.3) is 10.0 Å². The van der Waals surface area contributed by atoms with Crippen molar-refractivity contribution in [2.45, 2.75) is 30.8 Å².